The summed E-state index contributed by atoms with van der Waals surface area (Å²) in [5, 5.41) is 10.8. The minimum atomic E-state index is -0.842. The maximum Gasteiger partial charge on any atom is 0.0945 e. The summed E-state index contributed by atoms with van der Waals surface area (Å²) in [5.74, 6) is 0.646. The first-order valence-corrected chi connectivity index (χ1v) is 6.35. The zero-order valence-corrected chi connectivity index (χ0v) is 11.1. The van der Waals surface area contributed by atoms with E-state index >= 15 is 0 Å². The topological polar surface area (TPSA) is 55.5 Å². The molecule has 0 amide bonds. The van der Waals surface area contributed by atoms with Crippen molar-refractivity contribution in [1.82, 2.24) is 0 Å². The number of ether oxygens (including phenoxy) is 1. The quantitative estimate of drug-likeness (QED) is 0.774. The Balaban J connectivity index is 2.93. The zero-order valence-electron chi connectivity index (χ0n) is 11.1. The van der Waals surface area contributed by atoms with E-state index in [0.29, 0.717) is 12.5 Å². The van der Waals surface area contributed by atoms with Crippen molar-refractivity contribution in [3.05, 3.63) is 0 Å². The summed E-state index contributed by atoms with van der Waals surface area (Å²) >= 11 is 0. The molecule has 0 radical (unpaired) electrons. The van der Waals surface area contributed by atoms with Gasteiger partial charge in [0.25, 0.3) is 0 Å². The third-order valence-electron chi connectivity index (χ3n) is 4.70. The standard InChI is InChI=1S/C13H27NO2/c1-10-6-5-7-13(8-10,9-14)12(3,15)11(2)16-4/h10-11,15H,5-9,14H2,1-4H3. The molecule has 0 aromatic rings. The molecule has 1 aliphatic carbocycles. The fourth-order valence-electron chi connectivity index (χ4n) is 3.17. The van der Waals surface area contributed by atoms with Gasteiger partial charge in [0.2, 0.25) is 0 Å². The van der Waals surface area contributed by atoms with Crippen LogP contribution in [-0.4, -0.2) is 30.5 Å². The smallest absolute Gasteiger partial charge is 0.0945 e. The number of aliphatic hydroxyl groups is 1. The Kier molecular flexibility index (Phi) is 4.38. The van der Waals surface area contributed by atoms with Crippen molar-refractivity contribution in [2.24, 2.45) is 17.1 Å². The molecular formula is C13H27NO2. The monoisotopic (exact) mass is 229 g/mol. The Morgan fingerprint density at radius 3 is 2.69 bits per heavy atom. The molecule has 0 heterocycles. The molecule has 4 unspecified atom stereocenters. The van der Waals surface area contributed by atoms with Crippen molar-refractivity contribution < 1.29 is 9.84 Å². The van der Waals surface area contributed by atoms with Crippen molar-refractivity contribution in [3.8, 4) is 0 Å². The van der Waals surface area contributed by atoms with Gasteiger partial charge < -0.3 is 15.6 Å². The van der Waals surface area contributed by atoms with E-state index in [4.69, 9.17) is 10.5 Å². The lowest BCUT2D eigenvalue weighted by Crippen LogP contribution is -2.58. The number of methoxy groups -OCH3 is 1. The van der Waals surface area contributed by atoms with E-state index < -0.39 is 5.60 Å². The number of nitrogens with two attached hydrogens (primary N) is 1. The summed E-state index contributed by atoms with van der Waals surface area (Å²) < 4.78 is 5.32. The molecule has 1 rings (SSSR count). The summed E-state index contributed by atoms with van der Waals surface area (Å²) in [7, 11) is 1.65. The van der Waals surface area contributed by atoms with Crippen molar-refractivity contribution in [2.75, 3.05) is 13.7 Å². The molecule has 16 heavy (non-hydrogen) atoms. The molecule has 3 nitrogen and oxygen atoms in total. The average Bonchev–Trinajstić information content (AvgIpc) is 2.27. The lowest BCUT2D eigenvalue weighted by Gasteiger charge is -2.51. The Morgan fingerprint density at radius 2 is 2.25 bits per heavy atom. The van der Waals surface area contributed by atoms with Gasteiger partial charge in [-0.2, -0.15) is 0 Å². The number of rotatable bonds is 4. The van der Waals surface area contributed by atoms with Gasteiger partial charge in [0.05, 0.1) is 11.7 Å². The molecule has 96 valence electrons. The highest BCUT2D eigenvalue weighted by molar-refractivity contribution is 5.02. The second-order valence-electron chi connectivity index (χ2n) is 5.71. The van der Waals surface area contributed by atoms with E-state index in [9.17, 15) is 5.11 Å². The zero-order chi connectivity index (χ0) is 12.4. The van der Waals surface area contributed by atoms with E-state index in [0.717, 1.165) is 19.3 Å². The number of hydrogen-bond donors (Lipinski definition) is 2. The van der Waals surface area contributed by atoms with Gasteiger partial charge in [-0.05, 0) is 32.6 Å². The molecule has 0 aliphatic heterocycles. The largest absolute Gasteiger partial charge is 0.387 e. The summed E-state index contributed by atoms with van der Waals surface area (Å²) in [6.45, 7) is 6.60. The van der Waals surface area contributed by atoms with Crippen LogP contribution in [-0.2, 0) is 4.74 Å². The van der Waals surface area contributed by atoms with Crippen molar-refractivity contribution in [1.29, 1.82) is 0 Å². The van der Waals surface area contributed by atoms with Crippen LogP contribution in [0.1, 0.15) is 46.5 Å². The van der Waals surface area contributed by atoms with Crippen LogP contribution in [0.4, 0.5) is 0 Å². The summed E-state index contributed by atoms with van der Waals surface area (Å²) in [4.78, 5) is 0. The van der Waals surface area contributed by atoms with E-state index in [1.54, 1.807) is 7.11 Å². The van der Waals surface area contributed by atoms with Gasteiger partial charge >= 0.3 is 0 Å². The Morgan fingerprint density at radius 1 is 1.62 bits per heavy atom. The highest BCUT2D eigenvalue weighted by atomic mass is 16.5. The second kappa shape index (κ2) is 5.03. The highest BCUT2D eigenvalue weighted by Gasteiger charge is 2.51. The summed E-state index contributed by atoms with van der Waals surface area (Å²) in [6, 6.07) is 0. The van der Waals surface area contributed by atoms with Crippen molar-refractivity contribution in [3.63, 3.8) is 0 Å². The molecule has 0 bridgehead atoms. The molecule has 0 spiro atoms. The van der Waals surface area contributed by atoms with Gasteiger partial charge in [-0.3, -0.25) is 0 Å². The van der Waals surface area contributed by atoms with Gasteiger partial charge in [0.15, 0.2) is 0 Å². The van der Waals surface area contributed by atoms with E-state index in [2.05, 4.69) is 6.92 Å². The van der Waals surface area contributed by atoms with Crippen LogP contribution in [0.5, 0.6) is 0 Å². The van der Waals surface area contributed by atoms with Crippen LogP contribution in [0.15, 0.2) is 0 Å². The van der Waals surface area contributed by atoms with Crippen molar-refractivity contribution in [2.45, 2.75) is 58.2 Å². The van der Waals surface area contributed by atoms with E-state index in [-0.39, 0.29) is 11.5 Å². The minimum Gasteiger partial charge on any atom is -0.387 e. The van der Waals surface area contributed by atoms with Crippen molar-refractivity contribution >= 4 is 0 Å². The molecule has 4 atom stereocenters. The maximum absolute atomic E-state index is 10.8. The predicted octanol–water partition coefficient (Wildman–Crippen LogP) is 1.93. The Hall–Kier alpha value is -0.120. The SMILES string of the molecule is COC(C)C(C)(O)C1(CN)CCCC(C)C1. The van der Waals surface area contributed by atoms with Crippen LogP contribution in [0.25, 0.3) is 0 Å². The molecule has 1 aliphatic rings. The highest BCUT2D eigenvalue weighted by Crippen LogP contribution is 2.47. The third-order valence-corrected chi connectivity index (χ3v) is 4.70. The second-order valence-corrected chi connectivity index (χ2v) is 5.71. The first-order chi connectivity index (χ1) is 7.39. The lowest BCUT2D eigenvalue weighted by atomic mass is 9.60. The van der Waals surface area contributed by atoms with Crippen LogP contribution in [0.2, 0.25) is 0 Å². The van der Waals surface area contributed by atoms with Gasteiger partial charge in [-0.1, -0.05) is 19.8 Å². The van der Waals surface area contributed by atoms with E-state index in [1.165, 1.54) is 6.42 Å². The van der Waals surface area contributed by atoms with Gasteiger partial charge in [0.1, 0.15) is 0 Å². The van der Waals surface area contributed by atoms with Gasteiger partial charge in [-0.25, -0.2) is 0 Å². The van der Waals surface area contributed by atoms with Crippen LogP contribution < -0.4 is 5.73 Å². The molecule has 1 fully saturated rings. The molecule has 0 aromatic heterocycles. The normalized spacial score (nSPS) is 36.8. The maximum atomic E-state index is 10.8. The molecule has 0 saturated heterocycles. The molecule has 1 saturated carbocycles. The fourth-order valence-corrected chi connectivity index (χ4v) is 3.17. The van der Waals surface area contributed by atoms with Gasteiger partial charge in [-0.15, -0.1) is 0 Å². The fraction of sp³-hybridized carbons (Fsp3) is 1.00. The molecule has 3 N–H and O–H groups in total. The Bertz CT molecular complexity index is 230. The van der Waals surface area contributed by atoms with Crippen LogP contribution >= 0.6 is 0 Å². The van der Waals surface area contributed by atoms with Gasteiger partial charge in [0, 0.05) is 19.1 Å². The minimum absolute atomic E-state index is 0.179. The molecular weight excluding hydrogens is 202 g/mol. The lowest BCUT2D eigenvalue weighted by molar-refractivity contribution is -0.165. The number of hydrogen-bond acceptors (Lipinski definition) is 3. The van der Waals surface area contributed by atoms with Crippen LogP contribution in [0.3, 0.4) is 0 Å². The van der Waals surface area contributed by atoms with E-state index in [1.807, 2.05) is 13.8 Å². The summed E-state index contributed by atoms with van der Waals surface area (Å²) in [5.41, 5.74) is 4.94. The Labute approximate surface area is 99.4 Å². The predicted molar refractivity (Wildman–Crippen MR) is 66.2 cm³/mol. The first-order valence-electron chi connectivity index (χ1n) is 6.35. The molecule has 0 aromatic carbocycles. The van der Waals surface area contributed by atoms with Crippen LogP contribution in [0, 0.1) is 11.3 Å². The first kappa shape index (κ1) is 13.9. The average molecular weight is 229 g/mol. The third kappa shape index (κ3) is 2.27. The molecule has 3 heteroatoms. The summed E-state index contributed by atoms with van der Waals surface area (Å²) in [6.07, 6.45) is 4.24.